The molecule has 0 spiro atoms. The largest absolute Gasteiger partial charge is 0.493 e. The fraction of sp³-hybridized carbons (Fsp3) is 0.0909. The van der Waals surface area contributed by atoms with Crippen molar-refractivity contribution in [1.29, 1.82) is 0 Å². The summed E-state index contributed by atoms with van der Waals surface area (Å²) in [6, 6.07) is 19.2. The quantitative estimate of drug-likeness (QED) is 0.517. The van der Waals surface area contributed by atoms with Gasteiger partial charge < -0.3 is 14.2 Å². The minimum absolute atomic E-state index is 0.212. The summed E-state index contributed by atoms with van der Waals surface area (Å²) in [5.74, 6) is 0.915. The lowest BCUT2D eigenvalue weighted by molar-refractivity contribution is -0.129. The van der Waals surface area contributed by atoms with E-state index in [0.717, 1.165) is 16.3 Å². The first-order valence-corrected chi connectivity index (χ1v) is 8.43. The molecule has 5 heteroatoms. The molecule has 0 bridgehead atoms. The van der Waals surface area contributed by atoms with E-state index in [4.69, 9.17) is 14.2 Å². The Morgan fingerprint density at radius 2 is 1.70 bits per heavy atom. The smallest absolute Gasteiger partial charge is 0.363 e. The second kappa shape index (κ2) is 6.96. The highest BCUT2D eigenvalue weighted by Gasteiger charge is 2.26. The van der Waals surface area contributed by atoms with Crippen LogP contribution < -0.4 is 9.47 Å². The molecule has 0 fully saturated rings. The molecular formula is C22H17NO4. The normalized spacial score (nSPS) is 15.0. The van der Waals surface area contributed by atoms with Crippen LogP contribution in [0, 0.1) is 0 Å². The monoisotopic (exact) mass is 359 g/mol. The Labute approximate surface area is 156 Å². The molecule has 0 aliphatic carbocycles. The Bertz CT molecular complexity index is 1090. The van der Waals surface area contributed by atoms with Crippen LogP contribution in [0.2, 0.25) is 0 Å². The summed E-state index contributed by atoms with van der Waals surface area (Å²) in [5.41, 5.74) is 1.68. The molecule has 0 atom stereocenters. The van der Waals surface area contributed by atoms with Crippen molar-refractivity contribution in [3.05, 3.63) is 77.5 Å². The third kappa shape index (κ3) is 3.04. The van der Waals surface area contributed by atoms with Gasteiger partial charge in [-0.15, -0.1) is 0 Å². The maximum Gasteiger partial charge on any atom is 0.363 e. The molecule has 0 unspecified atom stereocenters. The highest BCUT2D eigenvalue weighted by Crippen LogP contribution is 2.33. The molecule has 1 heterocycles. The minimum Gasteiger partial charge on any atom is -0.493 e. The first-order valence-electron chi connectivity index (χ1n) is 8.43. The van der Waals surface area contributed by atoms with Crippen LogP contribution in [0.3, 0.4) is 0 Å². The number of fused-ring (bicyclic) bond motifs is 1. The van der Waals surface area contributed by atoms with E-state index in [2.05, 4.69) is 4.99 Å². The van der Waals surface area contributed by atoms with Crippen molar-refractivity contribution in [3.63, 3.8) is 0 Å². The van der Waals surface area contributed by atoms with Crippen LogP contribution in [0.4, 0.5) is 0 Å². The average Bonchev–Trinajstić information content (AvgIpc) is 3.07. The van der Waals surface area contributed by atoms with Gasteiger partial charge in [0.25, 0.3) is 0 Å². The van der Waals surface area contributed by atoms with Crippen molar-refractivity contribution in [2.75, 3.05) is 14.2 Å². The van der Waals surface area contributed by atoms with Crippen molar-refractivity contribution in [2.24, 2.45) is 4.99 Å². The predicted octanol–water partition coefficient (Wildman–Crippen LogP) is 4.20. The predicted molar refractivity (Wildman–Crippen MR) is 104 cm³/mol. The number of esters is 1. The van der Waals surface area contributed by atoms with Gasteiger partial charge in [0.05, 0.1) is 14.2 Å². The zero-order chi connectivity index (χ0) is 18.8. The third-order valence-electron chi connectivity index (χ3n) is 4.37. The number of cyclic esters (lactones) is 1. The summed E-state index contributed by atoms with van der Waals surface area (Å²) in [7, 11) is 3.12. The van der Waals surface area contributed by atoms with Crippen molar-refractivity contribution in [2.45, 2.75) is 0 Å². The molecule has 0 saturated heterocycles. The number of aliphatic imine (C=N–C) groups is 1. The molecule has 1 aliphatic heterocycles. The van der Waals surface area contributed by atoms with Crippen LogP contribution in [0.15, 0.2) is 71.4 Å². The van der Waals surface area contributed by atoms with Crippen molar-refractivity contribution in [3.8, 4) is 11.5 Å². The van der Waals surface area contributed by atoms with Crippen LogP contribution in [0.5, 0.6) is 11.5 Å². The summed E-state index contributed by atoms with van der Waals surface area (Å²) in [5, 5.41) is 2.03. The van der Waals surface area contributed by atoms with E-state index < -0.39 is 5.97 Å². The number of rotatable bonds is 4. The summed E-state index contributed by atoms with van der Waals surface area (Å²) < 4.78 is 16.2. The van der Waals surface area contributed by atoms with Crippen LogP contribution in [-0.2, 0) is 9.53 Å². The molecule has 0 aromatic heterocycles. The van der Waals surface area contributed by atoms with E-state index in [-0.39, 0.29) is 5.70 Å². The summed E-state index contributed by atoms with van der Waals surface area (Å²) in [4.78, 5) is 16.8. The number of benzene rings is 3. The number of carbonyl (C=O) groups is 1. The van der Waals surface area contributed by atoms with Gasteiger partial charge in [-0.2, -0.15) is 0 Å². The molecular weight excluding hydrogens is 342 g/mol. The van der Waals surface area contributed by atoms with Crippen molar-refractivity contribution in [1.82, 2.24) is 0 Å². The molecule has 4 rings (SSSR count). The third-order valence-corrected chi connectivity index (χ3v) is 4.37. The number of hydrogen-bond acceptors (Lipinski definition) is 5. The molecule has 0 radical (unpaired) electrons. The van der Waals surface area contributed by atoms with Gasteiger partial charge in [-0.05, 0) is 29.0 Å². The van der Waals surface area contributed by atoms with E-state index in [1.807, 2.05) is 54.6 Å². The number of hydrogen-bond donors (Lipinski definition) is 0. The first kappa shape index (κ1) is 16.8. The first-order chi connectivity index (χ1) is 13.2. The number of nitrogens with zero attached hydrogens (tertiary/aromatic N) is 1. The zero-order valence-corrected chi connectivity index (χ0v) is 14.9. The lowest BCUT2D eigenvalue weighted by Crippen LogP contribution is -2.06. The topological polar surface area (TPSA) is 57.1 Å². The van der Waals surface area contributed by atoms with Crippen LogP contribution >= 0.6 is 0 Å². The second-order valence-corrected chi connectivity index (χ2v) is 5.95. The average molecular weight is 359 g/mol. The summed E-state index contributed by atoms with van der Waals surface area (Å²) in [6.07, 6.45) is 1.64. The van der Waals surface area contributed by atoms with Crippen LogP contribution in [0.1, 0.15) is 11.1 Å². The molecule has 3 aromatic carbocycles. The summed E-state index contributed by atoms with van der Waals surface area (Å²) in [6.45, 7) is 0. The van der Waals surface area contributed by atoms with E-state index in [1.165, 1.54) is 0 Å². The lowest BCUT2D eigenvalue weighted by Gasteiger charge is -2.09. The van der Waals surface area contributed by atoms with Crippen molar-refractivity contribution < 1.29 is 19.0 Å². The molecule has 27 heavy (non-hydrogen) atoms. The maximum atomic E-state index is 12.4. The molecule has 1 aliphatic rings. The Hall–Kier alpha value is -3.60. The van der Waals surface area contributed by atoms with Gasteiger partial charge >= 0.3 is 5.97 Å². The molecule has 0 saturated carbocycles. The minimum atomic E-state index is -0.497. The van der Waals surface area contributed by atoms with Gasteiger partial charge in [0.2, 0.25) is 5.90 Å². The Balaban J connectivity index is 1.79. The van der Waals surface area contributed by atoms with E-state index >= 15 is 0 Å². The van der Waals surface area contributed by atoms with E-state index in [1.54, 1.807) is 26.4 Å². The highest BCUT2D eigenvalue weighted by molar-refractivity contribution is 6.17. The second-order valence-electron chi connectivity index (χ2n) is 5.95. The van der Waals surface area contributed by atoms with Gasteiger partial charge in [0, 0.05) is 11.1 Å². The Morgan fingerprint density at radius 3 is 2.52 bits per heavy atom. The van der Waals surface area contributed by atoms with Crippen LogP contribution in [0.25, 0.3) is 16.8 Å². The Kier molecular flexibility index (Phi) is 4.34. The van der Waals surface area contributed by atoms with Crippen molar-refractivity contribution >= 4 is 28.7 Å². The molecule has 0 N–H and O–H groups in total. The van der Waals surface area contributed by atoms with Gasteiger partial charge in [-0.1, -0.05) is 48.5 Å². The molecule has 3 aromatic rings. The maximum absolute atomic E-state index is 12.4. The van der Waals surface area contributed by atoms with Gasteiger partial charge in [0.1, 0.15) is 0 Å². The molecule has 134 valence electrons. The zero-order valence-electron chi connectivity index (χ0n) is 14.9. The SMILES string of the molecule is COc1cccc(C=C2N=C(c3cccc4ccccc34)OC2=O)c1OC. The van der Waals surface area contributed by atoms with Gasteiger partial charge in [-0.25, -0.2) is 9.79 Å². The summed E-state index contributed by atoms with van der Waals surface area (Å²) >= 11 is 0. The van der Waals surface area contributed by atoms with Crippen LogP contribution in [-0.4, -0.2) is 26.1 Å². The highest BCUT2D eigenvalue weighted by atomic mass is 16.6. The fourth-order valence-electron chi connectivity index (χ4n) is 3.11. The number of para-hydroxylation sites is 1. The fourth-order valence-corrected chi connectivity index (χ4v) is 3.11. The molecule has 5 nitrogen and oxygen atoms in total. The van der Waals surface area contributed by atoms with Gasteiger partial charge in [-0.3, -0.25) is 0 Å². The number of methoxy groups -OCH3 is 2. The van der Waals surface area contributed by atoms with E-state index in [0.29, 0.717) is 23.0 Å². The van der Waals surface area contributed by atoms with Gasteiger partial charge in [0.15, 0.2) is 17.2 Å². The molecule has 0 amide bonds. The number of carbonyl (C=O) groups excluding carboxylic acids is 1. The van der Waals surface area contributed by atoms with E-state index in [9.17, 15) is 4.79 Å². The standard InChI is InChI=1S/C22H17NO4/c1-25-19-12-6-9-15(20(19)26-2)13-18-22(24)27-21(23-18)17-11-5-8-14-7-3-4-10-16(14)17/h3-13H,1-2H3. The Morgan fingerprint density at radius 1 is 0.926 bits per heavy atom. The number of ether oxygens (including phenoxy) is 3. The lowest BCUT2D eigenvalue weighted by atomic mass is 10.0.